The van der Waals surface area contributed by atoms with Crippen molar-refractivity contribution in [3.63, 3.8) is 0 Å². The molecule has 1 unspecified atom stereocenters. The summed E-state index contributed by atoms with van der Waals surface area (Å²) < 4.78 is 17.2. The highest BCUT2D eigenvalue weighted by molar-refractivity contribution is 7.17. The SMILES string of the molecule is CCOC(=O)c1sc(N2C(=O)C(=O)C(=C(O)c3ccc(OCc4cccc(C)c4)cc3)C2c2cccc(Oc3ccccc3)c2)nc1C. The fraction of sp³-hybridized carbons (Fsp3) is 0.158. The number of Topliss-reactive ketones (excluding diaryl/α,β-unsaturated/α-hetero) is 1. The summed E-state index contributed by atoms with van der Waals surface area (Å²) in [6.45, 7) is 5.87. The number of hydrogen-bond donors (Lipinski definition) is 1. The van der Waals surface area contributed by atoms with E-state index in [0.717, 1.165) is 22.5 Å². The molecule has 5 aromatic rings. The van der Waals surface area contributed by atoms with Gasteiger partial charge in [0.15, 0.2) is 5.13 Å². The smallest absolute Gasteiger partial charge is 0.350 e. The monoisotopic (exact) mass is 660 g/mol. The van der Waals surface area contributed by atoms with E-state index in [2.05, 4.69) is 4.98 Å². The van der Waals surface area contributed by atoms with Gasteiger partial charge < -0.3 is 19.3 Å². The lowest BCUT2D eigenvalue weighted by Gasteiger charge is -2.23. The van der Waals surface area contributed by atoms with Gasteiger partial charge in [0.1, 0.15) is 34.5 Å². The Morgan fingerprint density at radius 2 is 1.60 bits per heavy atom. The molecule has 2 heterocycles. The highest BCUT2D eigenvalue weighted by Crippen LogP contribution is 2.45. The zero-order valence-electron chi connectivity index (χ0n) is 26.5. The van der Waals surface area contributed by atoms with Crippen LogP contribution in [0.5, 0.6) is 17.2 Å². The molecule has 0 bridgehead atoms. The first-order valence-corrected chi connectivity index (χ1v) is 16.1. The van der Waals surface area contributed by atoms with Gasteiger partial charge in [0.25, 0.3) is 5.78 Å². The molecule has 1 amide bonds. The number of ether oxygens (including phenoxy) is 3. The van der Waals surface area contributed by atoms with Crippen molar-refractivity contribution in [1.82, 2.24) is 4.98 Å². The fourth-order valence-corrected chi connectivity index (χ4v) is 6.41. The Labute approximate surface area is 281 Å². The second-order valence-electron chi connectivity index (χ2n) is 11.1. The molecule has 1 fully saturated rings. The van der Waals surface area contributed by atoms with E-state index < -0.39 is 23.7 Å². The van der Waals surface area contributed by atoms with E-state index in [4.69, 9.17) is 14.2 Å². The van der Waals surface area contributed by atoms with Crippen LogP contribution in [0, 0.1) is 13.8 Å². The number of aromatic nitrogens is 1. The normalized spacial score (nSPS) is 15.4. The maximum absolute atomic E-state index is 13.8. The first kappa shape index (κ1) is 32.2. The molecule has 1 aliphatic heterocycles. The molecule has 0 radical (unpaired) electrons. The number of thiazole rings is 1. The van der Waals surface area contributed by atoms with Crippen molar-refractivity contribution in [3.05, 3.63) is 142 Å². The molecule has 10 heteroatoms. The average molecular weight is 661 g/mol. The molecule has 0 saturated carbocycles. The van der Waals surface area contributed by atoms with Gasteiger partial charge in [0.2, 0.25) is 0 Å². The summed E-state index contributed by atoms with van der Waals surface area (Å²) in [4.78, 5) is 46.1. The number of benzene rings is 4. The Hall–Kier alpha value is -5.74. The Bertz CT molecular complexity index is 2020. The molecule has 1 saturated heterocycles. The van der Waals surface area contributed by atoms with Crippen LogP contribution in [0.3, 0.4) is 0 Å². The van der Waals surface area contributed by atoms with E-state index in [1.807, 2.05) is 61.5 Å². The van der Waals surface area contributed by atoms with Crippen molar-refractivity contribution < 1.29 is 33.7 Å². The van der Waals surface area contributed by atoms with Gasteiger partial charge in [-0.3, -0.25) is 14.5 Å². The Morgan fingerprint density at radius 3 is 2.33 bits per heavy atom. The molecule has 242 valence electrons. The quantitative estimate of drug-likeness (QED) is 0.0695. The minimum absolute atomic E-state index is 0.121. The van der Waals surface area contributed by atoms with E-state index in [1.54, 1.807) is 62.4 Å². The number of esters is 1. The third-order valence-corrected chi connectivity index (χ3v) is 8.80. The molecule has 1 aliphatic rings. The van der Waals surface area contributed by atoms with E-state index in [-0.39, 0.29) is 27.9 Å². The van der Waals surface area contributed by atoms with Crippen molar-refractivity contribution in [2.45, 2.75) is 33.4 Å². The van der Waals surface area contributed by atoms with E-state index in [1.165, 1.54) is 4.90 Å². The standard InChI is InChI=1S/C38H32N2O7S/c1-4-45-37(44)35-24(3)39-38(48-35)40-32(27-12-9-15-30(21-27)47-29-13-6-5-7-14-29)31(34(42)36(40)43)33(41)26-16-18-28(19-17-26)46-22-25-11-8-10-23(2)20-25/h5-21,32,41H,4,22H2,1-3H3. The summed E-state index contributed by atoms with van der Waals surface area (Å²) in [5.41, 5.74) is 3.19. The second-order valence-corrected chi connectivity index (χ2v) is 12.1. The molecule has 1 atom stereocenters. The summed E-state index contributed by atoms with van der Waals surface area (Å²) in [6.07, 6.45) is 0. The molecule has 4 aromatic carbocycles. The fourth-order valence-electron chi connectivity index (χ4n) is 5.42. The molecular formula is C38H32N2O7S. The third kappa shape index (κ3) is 6.70. The number of carbonyl (C=O) groups excluding carboxylic acids is 3. The number of ketones is 1. The lowest BCUT2D eigenvalue weighted by molar-refractivity contribution is -0.132. The lowest BCUT2D eigenvalue weighted by Crippen LogP contribution is -2.29. The number of carbonyl (C=O) groups is 3. The molecule has 9 nitrogen and oxygen atoms in total. The van der Waals surface area contributed by atoms with Gasteiger partial charge in [-0.2, -0.15) is 0 Å². The van der Waals surface area contributed by atoms with Gasteiger partial charge in [-0.1, -0.05) is 71.5 Å². The summed E-state index contributed by atoms with van der Waals surface area (Å²) in [7, 11) is 0. The second kappa shape index (κ2) is 13.9. The highest BCUT2D eigenvalue weighted by atomic mass is 32.1. The van der Waals surface area contributed by atoms with E-state index in [0.29, 0.717) is 40.7 Å². The van der Waals surface area contributed by atoms with Crippen LogP contribution < -0.4 is 14.4 Å². The summed E-state index contributed by atoms with van der Waals surface area (Å²) >= 11 is 0.947. The highest BCUT2D eigenvalue weighted by Gasteiger charge is 2.48. The van der Waals surface area contributed by atoms with Crippen LogP contribution in [0.4, 0.5) is 5.13 Å². The number of aryl methyl sites for hydroxylation is 2. The Balaban J connectivity index is 1.39. The molecular weight excluding hydrogens is 628 g/mol. The molecule has 1 aromatic heterocycles. The largest absolute Gasteiger partial charge is 0.507 e. The van der Waals surface area contributed by atoms with E-state index in [9.17, 15) is 19.5 Å². The zero-order valence-corrected chi connectivity index (χ0v) is 27.3. The number of rotatable bonds is 10. The van der Waals surface area contributed by atoms with Gasteiger partial charge in [-0.25, -0.2) is 9.78 Å². The van der Waals surface area contributed by atoms with Crippen molar-refractivity contribution in [3.8, 4) is 17.2 Å². The van der Waals surface area contributed by atoms with Crippen LogP contribution in [-0.4, -0.2) is 34.4 Å². The number of hydrogen-bond acceptors (Lipinski definition) is 9. The molecule has 0 aliphatic carbocycles. The van der Waals surface area contributed by atoms with Gasteiger partial charge in [0.05, 0.1) is 23.9 Å². The summed E-state index contributed by atoms with van der Waals surface area (Å²) in [5, 5.41) is 11.8. The van der Waals surface area contributed by atoms with Crippen LogP contribution in [0.25, 0.3) is 5.76 Å². The zero-order chi connectivity index (χ0) is 33.8. The average Bonchev–Trinajstić information content (AvgIpc) is 3.60. The molecule has 0 spiro atoms. The molecule has 48 heavy (non-hydrogen) atoms. The van der Waals surface area contributed by atoms with Crippen LogP contribution in [0.1, 0.15) is 50.6 Å². The van der Waals surface area contributed by atoms with Crippen LogP contribution in [0.2, 0.25) is 0 Å². The minimum atomic E-state index is -1.08. The predicted octanol–water partition coefficient (Wildman–Crippen LogP) is 7.93. The third-order valence-electron chi connectivity index (χ3n) is 7.67. The minimum Gasteiger partial charge on any atom is -0.507 e. The molecule has 1 N–H and O–H groups in total. The van der Waals surface area contributed by atoms with Crippen molar-refractivity contribution in [2.75, 3.05) is 11.5 Å². The van der Waals surface area contributed by atoms with Crippen LogP contribution in [-0.2, 0) is 20.9 Å². The number of aliphatic hydroxyl groups excluding tert-OH is 1. The number of nitrogens with zero attached hydrogens (tertiary/aromatic N) is 2. The van der Waals surface area contributed by atoms with Gasteiger partial charge >= 0.3 is 11.9 Å². The predicted molar refractivity (Wildman–Crippen MR) is 183 cm³/mol. The van der Waals surface area contributed by atoms with Crippen molar-refractivity contribution in [2.24, 2.45) is 0 Å². The number of aliphatic hydroxyl groups is 1. The van der Waals surface area contributed by atoms with Crippen molar-refractivity contribution in [1.29, 1.82) is 0 Å². The van der Waals surface area contributed by atoms with Gasteiger partial charge in [0, 0.05) is 5.56 Å². The lowest BCUT2D eigenvalue weighted by atomic mass is 9.95. The molecule has 6 rings (SSSR count). The first-order valence-electron chi connectivity index (χ1n) is 15.3. The summed E-state index contributed by atoms with van der Waals surface area (Å²) in [5.74, 6) is -1.09. The number of para-hydroxylation sites is 1. The Morgan fingerprint density at radius 1 is 0.875 bits per heavy atom. The van der Waals surface area contributed by atoms with Crippen LogP contribution in [0.15, 0.2) is 109 Å². The van der Waals surface area contributed by atoms with Crippen molar-refractivity contribution >= 4 is 39.9 Å². The van der Waals surface area contributed by atoms with Gasteiger partial charge in [-0.15, -0.1) is 0 Å². The van der Waals surface area contributed by atoms with Crippen LogP contribution >= 0.6 is 11.3 Å². The Kier molecular flexibility index (Phi) is 9.36. The number of anilines is 1. The maximum Gasteiger partial charge on any atom is 0.350 e. The summed E-state index contributed by atoms with van der Waals surface area (Å²) in [6, 6.07) is 29.7. The number of amides is 1. The maximum atomic E-state index is 13.8. The first-order chi connectivity index (χ1) is 23.2. The topological polar surface area (TPSA) is 115 Å². The van der Waals surface area contributed by atoms with E-state index >= 15 is 0 Å². The van der Waals surface area contributed by atoms with Gasteiger partial charge in [-0.05, 0) is 80.4 Å².